The molecule has 0 saturated heterocycles. The number of fused-ring (bicyclic) bond motifs is 1. The van der Waals surface area contributed by atoms with Gasteiger partial charge in [0.1, 0.15) is 0 Å². The van der Waals surface area contributed by atoms with Crippen molar-refractivity contribution in [1.29, 1.82) is 0 Å². The molecular formula is C24H20NO3+. The Morgan fingerprint density at radius 2 is 1.57 bits per heavy atom. The SMILES string of the molecule is O=Cc1cc2c(cc1C=O)C(=O)C(Cc1cc[n+](Cc3ccccc3)cc1)C2. The highest BCUT2D eigenvalue weighted by Crippen LogP contribution is 2.31. The molecule has 4 nitrogen and oxygen atoms in total. The van der Waals surface area contributed by atoms with Crippen LogP contribution in [0.2, 0.25) is 0 Å². The molecule has 1 heterocycles. The minimum Gasteiger partial charge on any atom is -0.298 e. The first kappa shape index (κ1) is 18.0. The van der Waals surface area contributed by atoms with Gasteiger partial charge >= 0.3 is 0 Å². The summed E-state index contributed by atoms with van der Waals surface area (Å²) in [4.78, 5) is 35.1. The lowest BCUT2D eigenvalue weighted by molar-refractivity contribution is -0.688. The average molecular weight is 370 g/mol. The molecule has 0 amide bonds. The average Bonchev–Trinajstić information content (AvgIpc) is 3.03. The topological polar surface area (TPSA) is 55.1 Å². The van der Waals surface area contributed by atoms with Crippen LogP contribution in [0.4, 0.5) is 0 Å². The summed E-state index contributed by atoms with van der Waals surface area (Å²) in [5.41, 5.74) is 4.40. The van der Waals surface area contributed by atoms with E-state index in [1.54, 1.807) is 12.1 Å². The van der Waals surface area contributed by atoms with Gasteiger partial charge in [-0.05, 0) is 36.1 Å². The van der Waals surface area contributed by atoms with E-state index in [0.29, 0.717) is 36.5 Å². The van der Waals surface area contributed by atoms with Crippen molar-refractivity contribution in [1.82, 2.24) is 0 Å². The third-order valence-electron chi connectivity index (χ3n) is 5.32. The lowest BCUT2D eigenvalue weighted by atomic mass is 9.96. The van der Waals surface area contributed by atoms with E-state index in [2.05, 4.69) is 16.7 Å². The first-order chi connectivity index (χ1) is 13.7. The first-order valence-electron chi connectivity index (χ1n) is 9.31. The van der Waals surface area contributed by atoms with Crippen molar-refractivity contribution >= 4 is 18.4 Å². The van der Waals surface area contributed by atoms with Gasteiger partial charge in [0, 0.05) is 40.3 Å². The quantitative estimate of drug-likeness (QED) is 0.494. The molecule has 0 saturated carbocycles. The van der Waals surface area contributed by atoms with Gasteiger partial charge < -0.3 is 0 Å². The molecule has 0 aliphatic heterocycles. The maximum absolute atomic E-state index is 12.8. The largest absolute Gasteiger partial charge is 0.298 e. The molecule has 4 rings (SSSR count). The highest BCUT2D eigenvalue weighted by Gasteiger charge is 2.31. The van der Waals surface area contributed by atoms with Gasteiger partial charge in [0.05, 0.1) is 0 Å². The summed E-state index contributed by atoms with van der Waals surface area (Å²) in [6.07, 6.45) is 6.62. The standard InChI is InChI=1S/C24H20NO3/c26-15-21-12-19-11-20(24(28)23(19)13-22(21)16-27)10-17-6-8-25(9-7-17)14-18-4-2-1-3-5-18/h1-9,12-13,15-16,20H,10-11,14H2/q+1. The second kappa shape index (κ2) is 7.69. The minimum atomic E-state index is -0.152. The first-order valence-corrected chi connectivity index (χ1v) is 9.31. The van der Waals surface area contributed by atoms with Crippen LogP contribution in [0.25, 0.3) is 0 Å². The number of carbonyl (C=O) groups is 3. The van der Waals surface area contributed by atoms with Gasteiger partial charge in [0.2, 0.25) is 0 Å². The van der Waals surface area contributed by atoms with Crippen LogP contribution in [-0.2, 0) is 19.4 Å². The van der Waals surface area contributed by atoms with E-state index in [0.717, 1.165) is 17.7 Å². The lowest BCUT2D eigenvalue weighted by Crippen LogP contribution is -2.33. The zero-order valence-corrected chi connectivity index (χ0v) is 15.4. The Kier molecular flexibility index (Phi) is 4.94. The van der Waals surface area contributed by atoms with Crippen molar-refractivity contribution in [3.05, 3.63) is 100 Å². The molecule has 1 unspecified atom stereocenters. The van der Waals surface area contributed by atoms with Crippen LogP contribution >= 0.6 is 0 Å². The van der Waals surface area contributed by atoms with Crippen LogP contribution in [-0.4, -0.2) is 18.4 Å². The molecule has 28 heavy (non-hydrogen) atoms. The predicted molar refractivity (Wildman–Crippen MR) is 105 cm³/mol. The smallest absolute Gasteiger partial charge is 0.173 e. The molecule has 0 N–H and O–H groups in total. The number of hydrogen-bond acceptors (Lipinski definition) is 3. The molecule has 2 aromatic carbocycles. The van der Waals surface area contributed by atoms with Crippen LogP contribution in [0.1, 0.15) is 47.8 Å². The summed E-state index contributed by atoms with van der Waals surface area (Å²) >= 11 is 0. The lowest BCUT2D eigenvalue weighted by Gasteiger charge is -2.07. The number of pyridine rings is 1. The number of rotatable bonds is 6. The van der Waals surface area contributed by atoms with Crippen LogP contribution in [0.3, 0.4) is 0 Å². The molecule has 4 heteroatoms. The van der Waals surface area contributed by atoms with Crippen molar-refractivity contribution in [2.75, 3.05) is 0 Å². The molecule has 0 bridgehead atoms. The molecule has 0 fully saturated rings. The van der Waals surface area contributed by atoms with Gasteiger partial charge in [-0.15, -0.1) is 0 Å². The normalized spacial score (nSPS) is 15.3. The van der Waals surface area contributed by atoms with Crippen molar-refractivity contribution in [3.63, 3.8) is 0 Å². The van der Waals surface area contributed by atoms with E-state index in [1.807, 2.05) is 42.7 Å². The fourth-order valence-electron chi connectivity index (χ4n) is 3.83. The fourth-order valence-corrected chi connectivity index (χ4v) is 3.83. The molecule has 1 aliphatic rings. The van der Waals surface area contributed by atoms with Gasteiger partial charge in [-0.3, -0.25) is 14.4 Å². The van der Waals surface area contributed by atoms with E-state index in [9.17, 15) is 14.4 Å². The van der Waals surface area contributed by atoms with Gasteiger partial charge in [-0.2, -0.15) is 0 Å². The van der Waals surface area contributed by atoms with Crippen LogP contribution in [0, 0.1) is 5.92 Å². The zero-order valence-electron chi connectivity index (χ0n) is 15.4. The van der Waals surface area contributed by atoms with Crippen LogP contribution in [0.15, 0.2) is 67.0 Å². The van der Waals surface area contributed by atoms with Crippen molar-refractivity contribution < 1.29 is 19.0 Å². The maximum atomic E-state index is 12.8. The minimum absolute atomic E-state index is 0.0524. The number of Topliss-reactive ketones (excluding diaryl/α,β-unsaturated/α-hetero) is 1. The maximum Gasteiger partial charge on any atom is 0.173 e. The van der Waals surface area contributed by atoms with Gasteiger partial charge in [0.15, 0.2) is 37.3 Å². The highest BCUT2D eigenvalue weighted by atomic mass is 16.1. The van der Waals surface area contributed by atoms with Crippen molar-refractivity contribution in [3.8, 4) is 0 Å². The Bertz CT molecular complexity index is 1040. The Morgan fingerprint density at radius 3 is 2.25 bits per heavy atom. The Labute approximate surface area is 163 Å². The van der Waals surface area contributed by atoms with E-state index in [1.165, 1.54) is 5.56 Å². The second-order valence-corrected chi connectivity index (χ2v) is 7.21. The number of benzene rings is 2. The van der Waals surface area contributed by atoms with Crippen molar-refractivity contribution in [2.45, 2.75) is 19.4 Å². The van der Waals surface area contributed by atoms with Gasteiger partial charge in [-0.1, -0.05) is 30.3 Å². The summed E-state index contributed by atoms with van der Waals surface area (Å²) in [6, 6.07) is 17.6. The second-order valence-electron chi connectivity index (χ2n) is 7.21. The Morgan fingerprint density at radius 1 is 0.893 bits per heavy atom. The fraction of sp³-hybridized carbons (Fsp3) is 0.167. The molecule has 0 spiro atoms. The third kappa shape index (κ3) is 3.54. The summed E-state index contributed by atoms with van der Waals surface area (Å²) in [5.74, 6) is -0.0991. The molecular weight excluding hydrogens is 350 g/mol. The summed E-state index contributed by atoms with van der Waals surface area (Å²) in [7, 11) is 0. The van der Waals surface area contributed by atoms with Gasteiger partial charge in [-0.25, -0.2) is 4.57 Å². The van der Waals surface area contributed by atoms with E-state index in [-0.39, 0.29) is 17.3 Å². The highest BCUT2D eigenvalue weighted by molar-refractivity contribution is 6.05. The van der Waals surface area contributed by atoms with E-state index in [4.69, 9.17) is 0 Å². The zero-order chi connectivity index (χ0) is 19.5. The molecule has 1 aromatic heterocycles. The van der Waals surface area contributed by atoms with E-state index < -0.39 is 0 Å². The number of aromatic nitrogens is 1. The molecule has 3 aromatic rings. The molecule has 138 valence electrons. The number of carbonyl (C=O) groups excluding carboxylic acids is 3. The summed E-state index contributed by atoms with van der Waals surface area (Å²) in [6.45, 7) is 0.803. The van der Waals surface area contributed by atoms with Gasteiger partial charge in [0.25, 0.3) is 0 Å². The number of ketones is 1. The molecule has 1 aliphatic carbocycles. The van der Waals surface area contributed by atoms with Crippen LogP contribution < -0.4 is 4.57 Å². The Hall–Kier alpha value is -3.40. The third-order valence-corrected chi connectivity index (χ3v) is 5.32. The van der Waals surface area contributed by atoms with Crippen molar-refractivity contribution in [2.24, 2.45) is 5.92 Å². The predicted octanol–water partition coefficient (Wildman–Crippen LogP) is 3.25. The van der Waals surface area contributed by atoms with Crippen LogP contribution in [0.5, 0.6) is 0 Å². The van der Waals surface area contributed by atoms with E-state index >= 15 is 0 Å². The molecule has 0 radical (unpaired) electrons. The number of aldehydes is 2. The monoisotopic (exact) mass is 370 g/mol. The Balaban J connectivity index is 1.48. The number of hydrogen-bond donors (Lipinski definition) is 0. The summed E-state index contributed by atoms with van der Waals surface area (Å²) < 4.78 is 2.11. The number of nitrogens with zero attached hydrogens (tertiary/aromatic N) is 1. The summed E-state index contributed by atoms with van der Waals surface area (Å²) in [5, 5.41) is 0. The molecule has 1 atom stereocenters.